The van der Waals surface area contributed by atoms with E-state index < -0.39 is 23.7 Å². The van der Waals surface area contributed by atoms with Gasteiger partial charge in [-0.2, -0.15) is 0 Å². The van der Waals surface area contributed by atoms with Crippen LogP contribution in [-0.4, -0.2) is 66.0 Å². The van der Waals surface area contributed by atoms with Gasteiger partial charge in [0.1, 0.15) is 0 Å². The Labute approximate surface area is 233 Å². The SMILES string of the molecule is CCCN(CCN1CC(c2ccc3c(c2)OCO3)C(C(=O)O)C1c1ccc(OC)c(F)c1)c1nccc(CC)n1. The van der Waals surface area contributed by atoms with Crippen molar-refractivity contribution in [2.45, 2.75) is 38.6 Å². The lowest BCUT2D eigenvalue weighted by Gasteiger charge is -2.30. The molecule has 0 aliphatic carbocycles. The van der Waals surface area contributed by atoms with Crippen LogP contribution >= 0.6 is 0 Å². The lowest BCUT2D eigenvalue weighted by atomic mass is 9.82. The number of carboxylic acids is 1. The molecule has 10 heteroatoms. The van der Waals surface area contributed by atoms with Crippen molar-refractivity contribution in [3.63, 3.8) is 0 Å². The number of rotatable bonds is 11. The molecule has 2 aliphatic heterocycles. The minimum Gasteiger partial charge on any atom is -0.494 e. The Kier molecular flexibility index (Phi) is 8.35. The molecule has 1 saturated heterocycles. The van der Waals surface area contributed by atoms with Gasteiger partial charge in [0.25, 0.3) is 0 Å². The van der Waals surface area contributed by atoms with Gasteiger partial charge in [-0.15, -0.1) is 0 Å². The van der Waals surface area contributed by atoms with Gasteiger partial charge in [-0.05, 0) is 54.3 Å². The maximum atomic E-state index is 14.9. The van der Waals surface area contributed by atoms with Gasteiger partial charge in [0, 0.05) is 50.0 Å². The van der Waals surface area contributed by atoms with Gasteiger partial charge in [0.2, 0.25) is 12.7 Å². The van der Waals surface area contributed by atoms with Crippen molar-refractivity contribution in [2.75, 3.05) is 45.0 Å². The number of carboxylic acid groups (broad SMARTS) is 1. The zero-order valence-corrected chi connectivity index (χ0v) is 23.0. The molecule has 3 aromatic rings. The van der Waals surface area contributed by atoms with E-state index in [4.69, 9.17) is 19.2 Å². The molecule has 0 saturated carbocycles. The smallest absolute Gasteiger partial charge is 0.309 e. The predicted molar refractivity (Wildman–Crippen MR) is 148 cm³/mol. The summed E-state index contributed by atoms with van der Waals surface area (Å²) < 4.78 is 31.1. The van der Waals surface area contributed by atoms with Crippen LogP contribution in [0.15, 0.2) is 48.7 Å². The molecule has 3 atom stereocenters. The summed E-state index contributed by atoms with van der Waals surface area (Å²) in [5.74, 6) is -0.584. The summed E-state index contributed by atoms with van der Waals surface area (Å²) in [5.41, 5.74) is 2.41. The lowest BCUT2D eigenvalue weighted by Crippen LogP contribution is -2.37. The Bertz CT molecular complexity index is 1360. The number of aromatic nitrogens is 2. The summed E-state index contributed by atoms with van der Waals surface area (Å²) in [7, 11) is 1.41. The van der Waals surface area contributed by atoms with Gasteiger partial charge in [-0.25, -0.2) is 14.4 Å². The zero-order valence-electron chi connectivity index (χ0n) is 23.0. The summed E-state index contributed by atoms with van der Waals surface area (Å²) in [5, 5.41) is 10.5. The van der Waals surface area contributed by atoms with Gasteiger partial charge in [0.05, 0.1) is 13.0 Å². The van der Waals surface area contributed by atoms with Crippen LogP contribution in [0.3, 0.4) is 0 Å². The average molecular weight is 551 g/mol. The molecule has 40 heavy (non-hydrogen) atoms. The van der Waals surface area contributed by atoms with E-state index in [0.29, 0.717) is 42.6 Å². The normalized spacial score (nSPS) is 20.1. The number of aliphatic carboxylic acids is 1. The van der Waals surface area contributed by atoms with E-state index in [0.717, 1.165) is 30.6 Å². The second kappa shape index (κ2) is 12.1. The molecule has 0 bridgehead atoms. The maximum absolute atomic E-state index is 14.9. The fourth-order valence-electron chi connectivity index (χ4n) is 5.77. The number of halogens is 1. The van der Waals surface area contributed by atoms with Gasteiger partial charge in [-0.3, -0.25) is 9.69 Å². The Morgan fingerprint density at radius 1 is 1.12 bits per heavy atom. The van der Waals surface area contributed by atoms with E-state index in [9.17, 15) is 14.3 Å². The molecule has 0 amide bonds. The summed E-state index contributed by atoms with van der Waals surface area (Å²) in [6.45, 7) is 6.67. The number of carbonyl (C=O) groups is 1. The van der Waals surface area contributed by atoms with Crippen molar-refractivity contribution in [2.24, 2.45) is 5.92 Å². The first-order valence-corrected chi connectivity index (χ1v) is 13.7. The number of hydrogen-bond acceptors (Lipinski definition) is 8. The Morgan fingerprint density at radius 2 is 1.93 bits per heavy atom. The highest BCUT2D eigenvalue weighted by atomic mass is 19.1. The number of nitrogens with zero attached hydrogens (tertiary/aromatic N) is 4. The number of hydrogen-bond donors (Lipinski definition) is 1. The summed E-state index contributed by atoms with van der Waals surface area (Å²) in [6, 6.07) is 11.7. The maximum Gasteiger partial charge on any atom is 0.309 e. The molecule has 0 spiro atoms. The highest BCUT2D eigenvalue weighted by molar-refractivity contribution is 5.74. The number of aryl methyl sites for hydroxylation is 1. The predicted octanol–water partition coefficient (Wildman–Crippen LogP) is 4.67. The molecule has 3 unspecified atom stereocenters. The molecule has 9 nitrogen and oxygen atoms in total. The number of likely N-dealkylation sites (tertiary alicyclic amines) is 1. The van der Waals surface area contributed by atoms with Crippen LogP contribution in [0.5, 0.6) is 17.2 Å². The topological polar surface area (TPSA) is 97.3 Å². The molecule has 2 aromatic carbocycles. The van der Waals surface area contributed by atoms with Crippen LogP contribution in [-0.2, 0) is 11.2 Å². The molecule has 1 N–H and O–H groups in total. The molecule has 0 radical (unpaired) electrons. The Balaban J connectivity index is 1.49. The zero-order chi connectivity index (χ0) is 28.2. The third-order valence-electron chi connectivity index (χ3n) is 7.72. The van der Waals surface area contributed by atoms with Crippen LogP contribution < -0.4 is 19.1 Å². The largest absolute Gasteiger partial charge is 0.494 e. The Morgan fingerprint density at radius 3 is 2.65 bits per heavy atom. The summed E-state index contributed by atoms with van der Waals surface area (Å²) >= 11 is 0. The molecule has 5 rings (SSSR count). The lowest BCUT2D eigenvalue weighted by molar-refractivity contribution is -0.143. The quantitative estimate of drug-likeness (QED) is 0.365. The minimum atomic E-state index is -0.934. The van der Waals surface area contributed by atoms with E-state index in [1.54, 1.807) is 18.3 Å². The van der Waals surface area contributed by atoms with Gasteiger partial charge in [-0.1, -0.05) is 26.0 Å². The van der Waals surface area contributed by atoms with E-state index >= 15 is 0 Å². The number of benzene rings is 2. The Hall–Kier alpha value is -3.92. The second-order valence-corrected chi connectivity index (χ2v) is 10.1. The van der Waals surface area contributed by atoms with Crippen LogP contribution in [0, 0.1) is 11.7 Å². The molecular weight excluding hydrogens is 515 g/mol. The van der Waals surface area contributed by atoms with E-state index in [1.807, 2.05) is 24.3 Å². The highest BCUT2D eigenvalue weighted by Crippen LogP contribution is 2.48. The molecule has 3 heterocycles. The van der Waals surface area contributed by atoms with Crippen molar-refractivity contribution in [1.29, 1.82) is 0 Å². The number of fused-ring (bicyclic) bond motifs is 1. The van der Waals surface area contributed by atoms with Gasteiger partial charge in [0.15, 0.2) is 23.1 Å². The third kappa shape index (κ3) is 5.54. The number of anilines is 1. The number of methoxy groups -OCH3 is 1. The van der Waals surface area contributed by atoms with Crippen molar-refractivity contribution in [1.82, 2.24) is 14.9 Å². The summed E-state index contributed by atoms with van der Waals surface area (Å²) in [4.78, 5) is 26.4. The van der Waals surface area contributed by atoms with E-state index in [2.05, 4.69) is 28.6 Å². The average Bonchev–Trinajstić information content (AvgIpc) is 3.59. The molecule has 212 valence electrons. The molecule has 2 aliphatic rings. The fourth-order valence-corrected chi connectivity index (χ4v) is 5.77. The van der Waals surface area contributed by atoms with E-state index in [1.165, 1.54) is 13.2 Å². The highest BCUT2D eigenvalue weighted by Gasteiger charge is 2.47. The molecule has 1 fully saturated rings. The van der Waals surface area contributed by atoms with Crippen LogP contribution in [0.2, 0.25) is 0 Å². The van der Waals surface area contributed by atoms with Gasteiger partial charge < -0.3 is 24.2 Å². The van der Waals surface area contributed by atoms with Crippen molar-refractivity contribution >= 4 is 11.9 Å². The van der Waals surface area contributed by atoms with Gasteiger partial charge >= 0.3 is 5.97 Å². The first-order chi connectivity index (χ1) is 19.4. The fraction of sp³-hybridized carbons (Fsp3) is 0.433. The first kappa shape index (κ1) is 27.6. The monoisotopic (exact) mass is 550 g/mol. The van der Waals surface area contributed by atoms with Crippen molar-refractivity contribution < 1.29 is 28.5 Å². The van der Waals surface area contributed by atoms with Crippen LogP contribution in [0.25, 0.3) is 0 Å². The van der Waals surface area contributed by atoms with Crippen molar-refractivity contribution in [3.05, 3.63) is 71.3 Å². The van der Waals surface area contributed by atoms with E-state index in [-0.39, 0.29) is 18.5 Å². The molecule has 1 aromatic heterocycles. The minimum absolute atomic E-state index is 0.120. The van der Waals surface area contributed by atoms with Crippen LogP contribution in [0.1, 0.15) is 49.0 Å². The molecular formula is C30H35FN4O5. The van der Waals surface area contributed by atoms with Crippen molar-refractivity contribution in [3.8, 4) is 17.2 Å². The van der Waals surface area contributed by atoms with Crippen LogP contribution in [0.4, 0.5) is 10.3 Å². The third-order valence-corrected chi connectivity index (χ3v) is 7.72. The summed E-state index contributed by atoms with van der Waals surface area (Å²) in [6.07, 6.45) is 3.49. The standard InChI is InChI=1S/C30H35FN4O5/c1-4-12-34(30-32-11-10-21(5-2)33-30)13-14-35-17-22(19-6-9-25-26(16-19)40-18-39-25)27(29(36)37)28(35)20-7-8-24(38-3)23(31)15-20/h6-11,15-16,22,27-28H,4-5,12-14,17-18H2,1-3H3,(H,36,37). The number of ether oxygens (including phenoxy) is 3. The second-order valence-electron chi connectivity index (χ2n) is 10.1. The first-order valence-electron chi connectivity index (χ1n) is 13.7.